The SMILES string of the molecule is COC(=O)C[C@H]1SC2=C(C(=O)NCc3ccccc3)[C@H](c3ccc(OC)cc3)C(C#N)=C(N)N2C1=O. The number of rotatable bonds is 7. The van der Waals surface area contributed by atoms with Gasteiger partial charge in [-0.05, 0) is 23.3 Å². The highest BCUT2D eigenvalue weighted by Gasteiger charge is 2.48. The number of nitrogens with zero attached hydrogens (tertiary/aromatic N) is 2. The van der Waals surface area contributed by atoms with Crippen molar-refractivity contribution in [2.24, 2.45) is 5.73 Å². The predicted molar refractivity (Wildman–Crippen MR) is 133 cm³/mol. The van der Waals surface area contributed by atoms with Crippen LogP contribution in [0, 0.1) is 11.3 Å². The van der Waals surface area contributed by atoms with E-state index in [2.05, 4.69) is 11.4 Å². The Morgan fingerprint density at radius 3 is 2.44 bits per heavy atom. The van der Waals surface area contributed by atoms with Crippen LogP contribution in [0.1, 0.15) is 23.5 Å². The maximum Gasteiger partial charge on any atom is 0.307 e. The van der Waals surface area contributed by atoms with Crippen molar-refractivity contribution in [3.63, 3.8) is 0 Å². The van der Waals surface area contributed by atoms with Gasteiger partial charge in [0.2, 0.25) is 5.91 Å². The average molecular weight is 505 g/mol. The van der Waals surface area contributed by atoms with Crippen molar-refractivity contribution < 1.29 is 23.9 Å². The molecule has 2 amide bonds. The summed E-state index contributed by atoms with van der Waals surface area (Å²) >= 11 is 1.07. The van der Waals surface area contributed by atoms with E-state index >= 15 is 0 Å². The standard InChI is InChI=1S/C26H24N4O5S/c1-34-17-10-8-16(9-11-17)21-18(13-27)23(28)30-25(33)19(12-20(31)35-2)36-26(30)22(21)24(32)29-14-15-6-4-3-5-7-15/h3-11,19,21H,12,14,28H2,1-2H3,(H,29,32)/t19-,21-/m1/s1. The molecule has 184 valence electrons. The molecule has 3 N–H and O–H groups in total. The van der Waals surface area contributed by atoms with Crippen molar-refractivity contribution in [2.75, 3.05) is 14.2 Å². The molecule has 4 rings (SSSR count). The lowest BCUT2D eigenvalue weighted by Gasteiger charge is -2.32. The molecule has 2 heterocycles. The van der Waals surface area contributed by atoms with Gasteiger partial charge in [0.05, 0.1) is 48.8 Å². The number of ether oxygens (including phenoxy) is 2. The van der Waals surface area contributed by atoms with Crippen molar-refractivity contribution in [3.05, 3.63) is 87.7 Å². The van der Waals surface area contributed by atoms with Crippen LogP contribution in [0.25, 0.3) is 0 Å². The second kappa shape index (κ2) is 10.6. The van der Waals surface area contributed by atoms with Crippen LogP contribution >= 0.6 is 11.8 Å². The van der Waals surface area contributed by atoms with E-state index in [1.165, 1.54) is 12.0 Å². The summed E-state index contributed by atoms with van der Waals surface area (Å²) in [5.74, 6) is -1.76. The first-order valence-corrected chi connectivity index (χ1v) is 11.9. The Morgan fingerprint density at radius 1 is 1.14 bits per heavy atom. The van der Waals surface area contributed by atoms with Crippen LogP contribution in [0.5, 0.6) is 5.75 Å². The van der Waals surface area contributed by atoms with Crippen molar-refractivity contribution in [2.45, 2.75) is 24.1 Å². The molecule has 0 bridgehead atoms. The smallest absolute Gasteiger partial charge is 0.307 e. The first-order valence-electron chi connectivity index (χ1n) is 11.1. The largest absolute Gasteiger partial charge is 0.497 e. The number of hydrogen-bond acceptors (Lipinski definition) is 8. The fourth-order valence-corrected chi connectivity index (χ4v) is 5.47. The number of nitrogens with two attached hydrogens (primary N) is 1. The molecule has 0 saturated carbocycles. The normalized spacial score (nSPS) is 19.0. The summed E-state index contributed by atoms with van der Waals surface area (Å²) in [6, 6.07) is 18.4. The highest BCUT2D eigenvalue weighted by molar-refractivity contribution is 8.04. The minimum Gasteiger partial charge on any atom is -0.497 e. The highest BCUT2D eigenvalue weighted by Crippen LogP contribution is 2.50. The number of allylic oxidation sites excluding steroid dienone is 1. The Hall–Kier alpha value is -4.23. The van der Waals surface area contributed by atoms with Gasteiger partial charge in [-0.3, -0.25) is 19.3 Å². The molecule has 2 atom stereocenters. The van der Waals surface area contributed by atoms with Crippen LogP contribution < -0.4 is 15.8 Å². The Bertz CT molecular complexity index is 1300. The summed E-state index contributed by atoms with van der Waals surface area (Å²) in [4.78, 5) is 40.0. The molecular weight excluding hydrogens is 480 g/mol. The van der Waals surface area contributed by atoms with E-state index < -0.39 is 29.0 Å². The van der Waals surface area contributed by atoms with Crippen molar-refractivity contribution >= 4 is 29.5 Å². The third-order valence-electron chi connectivity index (χ3n) is 5.97. The monoisotopic (exact) mass is 504 g/mol. The summed E-state index contributed by atoms with van der Waals surface area (Å²) in [7, 11) is 2.78. The van der Waals surface area contributed by atoms with Crippen LogP contribution in [-0.4, -0.2) is 42.2 Å². The molecule has 36 heavy (non-hydrogen) atoms. The van der Waals surface area contributed by atoms with Gasteiger partial charge in [-0.25, -0.2) is 0 Å². The van der Waals surface area contributed by atoms with Crippen LogP contribution in [0.4, 0.5) is 0 Å². The third-order valence-corrected chi connectivity index (χ3v) is 7.25. The molecule has 1 saturated heterocycles. The highest BCUT2D eigenvalue weighted by atomic mass is 32.2. The number of carbonyl (C=O) groups excluding carboxylic acids is 3. The van der Waals surface area contributed by atoms with Crippen LogP contribution in [-0.2, 0) is 25.7 Å². The van der Waals surface area contributed by atoms with Crippen LogP contribution in [0.15, 0.2) is 76.6 Å². The Morgan fingerprint density at radius 2 is 1.83 bits per heavy atom. The number of esters is 1. The molecule has 0 radical (unpaired) electrons. The van der Waals surface area contributed by atoms with Crippen molar-refractivity contribution in [1.82, 2.24) is 10.2 Å². The minimum atomic E-state index is -0.836. The van der Waals surface area contributed by atoms with Gasteiger partial charge >= 0.3 is 5.97 Å². The number of hydrogen-bond donors (Lipinski definition) is 2. The van der Waals surface area contributed by atoms with Gasteiger partial charge < -0.3 is 20.5 Å². The lowest BCUT2D eigenvalue weighted by Crippen LogP contribution is -2.40. The summed E-state index contributed by atoms with van der Waals surface area (Å²) in [5.41, 5.74) is 8.15. The number of benzene rings is 2. The molecule has 10 heteroatoms. The van der Waals surface area contributed by atoms with E-state index in [9.17, 15) is 19.6 Å². The fraction of sp³-hybridized carbons (Fsp3) is 0.231. The molecule has 0 aromatic heterocycles. The van der Waals surface area contributed by atoms with Gasteiger partial charge in [-0.15, -0.1) is 0 Å². The van der Waals surface area contributed by atoms with Crippen molar-refractivity contribution in [3.8, 4) is 11.8 Å². The number of methoxy groups -OCH3 is 2. The van der Waals surface area contributed by atoms with Gasteiger partial charge in [0.15, 0.2) is 0 Å². The Kier molecular flexibility index (Phi) is 7.31. The van der Waals surface area contributed by atoms with E-state index in [1.807, 2.05) is 30.3 Å². The first kappa shape index (κ1) is 24.9. The molecule has 2 aliphatic rings. The minimum absolute atomic E-state index is 0.0576. The van der Waals surface area contributed by atoms with Gasteiger partial charge in [0, 0.05) is 6.54 Å². The molecule has 2 aromatic rings. The molecule has 0 spiro atoms. The summed E-state index contributed by atoms with van der Waals surface area (Å²) in [6.45, 7) is 0.247. The average Bonchev–Trinajstić information content (AvgIpc) is 3.23. The Balaban J connectivity index is 1.81. The van der Waals surface area contributed by atoms with Crippen LogP contribution in [0.2, 0.25) is 0 Å². The number of nitriles is 1. The van der Waals surface area contributed by atoms with E-state index in [0.717, 1.165) is 17.3 Å². The zero-order valence-electron chi connectivity index (χ0n) is 19.7. The second-order valence-electron chi connectivity index (χ2n) is 8.06. The maximum atomic E-state index is 13.7. The molecular formula is C26H24N4O5S. The Labute approximate surface area is 212 Å². The van der Waals surface area contributed by atoms with E-state index in [0.29, 0.717) is 16.3 Å². The summed E-state index contributed by atoms with van der Waals surface area (Å²) < 4.78 is 9.98. The fourth-order valence-electron chi connectivity index (χ4n) is 4.15. The number of fused-ring (bicyclic) bond motifs is 1. The summed E-state index contributed by atoms with van der Waals surface area (Å²) in [5, 5.41) is 12.4. The van der Waals surface area contributed by atoms with Crippen LogP contribution in [0.3, 0.4) is 0 Å². The molecule has 0 unspecified atom stereocenters. The van der Waals surface area contributed by atoms with Gasteiger partial charge in [0.1, 0.15) is 16.8 Å². The number of amides is 2. The van der Waals surface area contributed by atoms with Gasteiger partial charge in [-0.2, -0.15) is 5.26 Å². The predicted octanol–water partition coefficient (Wildman–Crippen LogP) is 2.52. The van der Waals surface area contributed by atoms with Gasteiger partial charge in [0.25, 0.3) is 5.91 Å². The quantitative estimate of drug-likeness (QED) is 0.549. The van der Waals surface area contributed by atoms with Gasteiger partial charge in [-0.1, -0.05) is 54.2 Å². The molecule has 2 aromatic carbocycles. The zero-order chi connectivity index (χ0) is 25.8. The number of carbonyl (C=O) groups is 3. The molecule has 9 nitrogen and oxygen atoms in total. The summed E-state index contributed by atoms with van der Waals surface area (Å²) in [6.07, 6.45) is -0.193. The van der Waals surface area contributed by atoms with E-state index in [1.54, 1.807) is 31.4 Å². The third kappa shape index (κ3) is 4.65. The maximum absolute atomic E-state index is 13.7. The van der Waals surface area contributed by atoms with Crippen molar-refractivity contribution in [1.29, 1.82) is 5.26 Å². The lowest BCUT2D eigenvalue weighted by molar-refractivity contribution is -0.142. The topological polar surface area (TPSA) is 135 Å². The van der Waals surface area contributed by atoms with E-state index in [4.69, 9.17) is 15.2 Å². The zero-order valence-corrected chi connectivity index (χ0v) is 20.5. The number of nitrogens with one attached hydrogen (secondary N) is 1. The molecule has 0 aliphatic carbocycles. The number of thioether (sulfide) groups is 1. The molecule has 1 fully saturated rings. The lowest BCUT2D eigenvalue weighted by atomic mass is 9.82. The first-order chi connectivity index (χ1) is 17.4. The molecule has 2 aliphatic heterocycles. The van der Waals surface area contributed by atoms with E-state index in [-0.39, 0.29) is 29.9 Å². The second-order valence-corrected chi connectivity index (χ2v) is 9.26.